The lowest BCUT2D eigenvalue weighted by atomic mass is 9.97. The Hall–Kier alpha value is -3.73. The van der Waals surface area contributed by atoms with E-state index >= 15 is 0 Å². The highest BCUT2D eigenvalue weighted by atomic mass is 16.2. The number of aromatic nitrogens is 2. The number of hydrogen-bond donors (Lipinski definition) is 1. The van der Waals surface area contributed by atoms with Crippen molar-refractivity contribution in [1.82, 2.24) is 14.9 Å². The number of carbonyl (C=O) groups is 1. The predicted molar refractivity (Wildman–Crippen MR) is 119 cm³/mol. The second kappa shape index (κ2) is 7.95. The standard InChI is InChI=1S/C25H23N3O2/c1-16-11-13-19(14-12-16)21-20-10-7-15-26-22(20)25(30)28(3)23(21)24(29)27-17(2)18-8-5-4-6-9-18/h4-15,17H,1-3H3,(H,27,29). The molecule has 0 saturated heterocycles. The van der Waals surface area contributed by atoms with Crippen LogP contribution in [-0.2, 0) is 7.05 Å². The zero-order chi connectivity index (χ0) is 21.3. The second-order valence-electron chi connectivity index (χ2n) is 7.46. The van der Waals surface area contributed by atoms with Crippen LogP contribution in [0.1, 0.15) is 34.6 Å². The molecule has 2 heterocycles. The fourth-order valence-corrected chi connectivity index (χ4v) is 3.70. The molecule has 4 rings (SSSR count). The molecule has 0 fully saturated rings. The summed E-state index contributed by atoms with van der Waals surface area (Å²) in [6, 6.07) is 21.1. The molecule has 1 atom stereocenters. The smallest absolute Gasteiger partial charge is 0.277 e. The van der Waals surface area contributed by atoms with Crippen molar-refractivity contribution in [3.63, 3.8) is 0 Å². The zero-order valence-electron chi connectivity index (χ0n) is 17.2. The van der Waals surface area contributed by atoms with Crippen LogP contribution in [0, 0.1) is 6.92 Å². The molecule has 0 spiro atoms. The summed E-state index contributed by atoms with van der Waals surface area (Å²) in [4.78, 5) is 30.7. The third kappa shape index (κ3) is 3.50. The average Bonchev–Trinajstić information content (AvgIpc) is 2.77. The van der Waals surface area contributed by atoms with Crippen molar-refractivity contribution in [2.24, 2.45) is 7.05 Å². The average molecular weight is 397 g/mol. The maximum absolute atomic E-state index is 13.4. The first-order valence-corrected chi connectivity index (χ1v) is 9.88. The molecule has 4 aromatic rings. The summed E-state index contributed by atoms with van der Waals surface area (Å²) in [6.07, 6.45) is 1.60. The number of pyridine rings is 2. The molecule has 1 amide bonds. The Labute approximate surface area is 175 Å². The number of fused-ring (bicyclic) bond motifs is 1. The van der Waals surface area contributed by atoms with E-state index in [4.69, 9.17) is 0 Å². The van der Waals surface area contributed by atoms with Gasteiger partial charge < -0.3 is 9.88 Å². The molecule has 0 aliphatic rings. The molecule has 0 saturated carbocycles. The fraction of sp³-hybridized carbons (Fsp3) is 0.160. The van der Waals surface area contributed by atoms with Gasteiger partial charge in [-0.1, -0.05) is 66.2 Å². The summed E-state index contributed by atoms with van der Waals surface area (Å²) in [5.74, 6) is -0.299. The van der Waals surface area contributed by atoms with Crippen molar-refractivity contribution in [3.8, 4) is 11.1 Å². The van der Waals surface area contributed by atoms with Crippen molar-refractivity contribution in [1.29, 1.82) is 0 Å². The molecular weight excluding hydrogens is 374 g/mol. The van der Waals surface area contributed by atoms with Gasteiger partial charge in [-0.2, -0.15) is 0 Å². The fourth-order valence-electron chi connectivity index (χ4n) is 3.70. The lowest BCUT2D eigenvalue weighted by Crippen LogP contribution is -2.33. The summed E-state index contributed by atoms with van der Waals surface area (Å²) in [7, 11) is 1.62. The van der Waals surface area contributed by atoms with E-state index in [1.54, 1.807) is 19.3 Å². The van der Waals surface area contributed by atoms with Crippen LogP contribution in [0.5, 0.6) is 0 Å². The minimum atomic E-state index is -0.299. The first-order valence-electron chi connectivity index (χ1n) is 9.88. The summed E-state index contributed by atoms with van der Waals surface area (Å²) in [5, 5.41) is 3.72. The van der Waals surface area contributed by atoms with Gasteiger partial charge in [0.2, 0.25) is 0 Å². The summed E-state index contributed by atoms with van der Waals surface area (Å²) >= 11 is 0. The Balaban J connectivity index is 1.91. The van der Waals surface area contributed by atoms with Gasteiger partial charge in [0.1, 0.15) is 11.2 Å². The predicted octanol–water partition coefficient (Wildman–Crippen LogP) is 4.40. The first kappa shape index (κ1) is 19.6. The number of nitrogens with one attached hydrogen (secondary N) is 1. The van der Waals surface area contributed by atoms with Crippen LogP contribution in [0.4, 0.5) is 0 Å². The molecule has 2 aromatic heterocycles. The van der Waals surface area contributed by atoms with E-state index in [2.05, 4.69) is 10.3 Å². The third-order valence-electron chi connectivity index (χ3n) is 5.36. The quantitative estimate of drug-likeness (QED) is 0.555. The lowest BCUT2D eigenvalue weighted by molar-refractivity contribution is 0.0931. The number of benzene rings is 2. The van der Waals surface area contributed by atoms with Crippen LogP contribution in [0.15, 0.2) is 77.7 Å². The van der Waals surface area contributed by atoms with Crippen molar-refractivity contribution in [2.75, 3.05) is 0 Å². The Kier molecular flexibility index (Phi) is 5.19. The Morgan fingerprint density at radius 1 is 1.00 bits per heavy atom. The van der Waals surface area contributed by atoms with E-state index in [-0.39, 0.29) is 17.5 Å². The number of rotatable bonds is 4. The van der Waals surface area contributed by atoms with Crippen molar-refractivity contribution in [2.45, 2.75) is 19.9 Å². The van der Waals surface area contributed by atoms with Crippen molar-refractivity contribution >= 4 is 16.8 Å². The van der Waals surface area contributed by atoms with E-state index < -0.39 is 0 Å². The van der Waals surface area contributed by atoms with E-state index in [1.165, 1.54) is 4.57 Å². The van der Waals surface area contributed by atoms with Crippen molar-refractivity contribution in [3.05, 3.63) is 100 Å². The van der Waals surface area contributed by atoms with Gasteiger partial charge in [-0.05, 0) is 31.0 Å². The zero-order valence-corrected chi connectivity index (χ0v) is 17.2. The molecule has 0 aliphatic heterocycles. The molecule has 5 nitrogen and oxygen atoms in total. The highest BCUT2D eigenvalue weighted by Gasteiger charge is 2.23. The molecule has 1 N–H and O–H groups in total. The molecule has 0 radical (unpaired) electrons. The number of hydrogen-bond acceptors (Lipinski definition) is 3. The summed E-state index contributed by atoms with van der Waals surface area (Å²) in [6.45, 7) is 3.94. The van der Waals surface area contributed by atoms with Gasteiger partial charge in [0.15, 0.2) is 0 Å². The minimum Gasteiger partial charge on any atom is -0.344 e. The summed E-state index contributed by atoms with van der Waals surface area (Å²) < 4.78 is 1.40. The number of aryl methyl sites for hydroxylation is 1. The van der Waals surface area contributed by atoms with E-state index in [0.29, 0.717) is 22.2 Å². The molecule has 0 aliphatic carbocycles. The normalized spacial score (nSPS) is 12.0. The highest BCUT2D eigenvalue weighted by molar-refractivity contribution is 6.07. The lowest BCUT2D eigenvalue weighted by Gasteiger charge is -2.20. The van der Waals surface area contributed by atoms with Crippen LogP contribution in [-0.4, -0.2) is 15.5 Å². The van der Waals surface area contributed by atoms with Gasteiger partial charge in [-0.3, -0.25) is 14.6 Å². The van der Waals surface area contributed by atoms with E-state index in [0.717, 1.165) is 16.7 Å². The van der Waals surface area contributed by atoms with E-state index in [9.17, 15) is 9.59 Å². The van der Waals surface area contributed by atoms with Crippen LogP contribution < -0.4 is 10.9 Å². The van der Waals surface area contributed by atoms with Gasteiger partial charge in [-0.15, -0.1) is 0 Å². The minimum absolute atomic E-state index is 0.204. The number of amides is 1. The second-order valence-corrected chi connectivity index (χ2v) is 7.46. The Morgan fingerprint density at radius 3 is 2.40 bits per heavy atom. The molecule has 2 aromatic carbocycles. The van der Waals surface area contributed by atoms with Gasteiger partial charge in [0.25, 0.3) is 11.5 Å². The van der Waals surface area contributed by atoms with Crippen LogP contribution in [0.25, 0.3) is 22.0 Å². The van der Waals surface area contributed by atoms with E-state index in [1.807, 2.05) is 74.5 Å². The maximum Gasteiger partial charge on any atom is 0.277 e. The number of nitrogens with zero attached hydrogens (tertiary/aromatic N) is 2. The topological polar surface area (TPSA) is 64.0 Å². The third-order valence-corrected chi connectivity index (χ3v) is 5.36. The molecule has 1 unspecified atom stereocenters. The Bertz CT molecular complexity index is 1280. The largest absolute Gasteiger partial charge is 0.344 e. The van der Waals surface area contributed by atoms with Gasteiger partial charge >= 0.3 is 0 Å². The SMILES string of the molecule is Cc1ccc(-c2c(C(=O)NC(C)c3ccccc3)n(C)c(=O)c3ncccc23)cc1. The first-order chi connectivity index (χ1) is 14.5. The maximum atomic E-state index is 13.4. The number of carbonyl (C=O) groups excluding carboxylic acids is 1. The van der Waals surface area contributed by atoms with Gasteiger partial charge in [-0.25, -0.2) is 0 Å². The summed E-state index contributed by atoms with van der Waals surface area (Å²) in [5.41, 5.74) is 4.07. The molecular formula is C25H23N3O2. The van der Waals surface area contributed by atoms with Crippen molar-refractivity contribution < 1.29 is 4.79 Å². The van der Waals surface area contributed by atoms with Gasteiger partial charge in [0, 0.05) is 24.2 Å². The highest BCUT2D eigenvalue weighted by Crippen LogP contribution is 2.30. The molecule has 30 heavy (non-hydrogen) atoms. The van der Waals surface area contributed by atoms with Crippen LogP contribution >= 0.6 is 0 Å². The van der Waals surface area contributed by atoms with Crippen LogP contribution in [0.3, 0.4) is 0 Å². The molecule has 0 bridgehead atoms. The van der Waals surface area contributed by atoms with Gasteiger partial charge in [0.05, 0.1) is 6.04 Å². The molecule has 5 heteroatoms. The van der Waals surface area contributed by atoms with Crippen LogP contribution in [0.2, 0.25) is 0 Å². The molecule has 150 valence electrons. The monoisotopic (exact) mass is 397 g/mol. The Morgan fingerprint density at radius 2 is 1.70 bits per heavy atom.